The number of aryl methyl sites for hydroxylation is 3. The number of hydrogen-bond donors (Lipinski definition) is 0. The first-order chi connectivity index (χ1) is 14.7. The van der Waals surface area contributed by atoms with Gasteiger partial charge in [-0.05, 0) is 75.1 Å². The standard InChI is InChI=1S/C25H31N3OS/c1-18-11-14-27(15-12-18)20-9-10-21-22(16-20)30-24-23(21)25(29)28(17-26-24)13-5-8-19-6-3-2-4-7-19/h2-4,6-7,17-18,20H,5,8-16H2,1H3. The summed E-state index contributed by atoms with van der Waals surface area (Å²) in [6, 6.07) is 11.1. The average molecular weight is 422 g/mol. The SMILES string of the molecule is CC1CCN(C2CCc3c(sc4ncn(CCCc5ccccc5)c(=O)c34)C2)CC1. The highest BCUT2D eigenvalue weighted by molar-refractivity contribution is 7.18. The van der Waals surface area contributed by atoms with E-state index in [0.717, 1.165) is 48.4 Å². The number of likely N-dealkylation sites (tertiary alicyclic amines) is 1. The Morgan fingerprint density at radius 1 is 1.13 bits per heavy atom. The van der Waals surface area contributed by atoms with Crippen LogP contribution in [0, 0.1) is 5.92 Å². The van der Waals surface area contributed by atoms with Gasteiger partial charge < -0.3 is 0 Å². The third kappa shape index (κ3) is 3.97. The van der Waals surface area contributed by atoms with Crippen LogP contribution in [0.15, 0.2) is 41.5 Å². The molecule has 0 bridgehead atoms. The summed E-state index contributed by atoms with van der Waals surface area (Å²) in [6.45, 7) is 5.58. The Labute approximate surface area is 182 Å². The fraction of sp³-hybridized carbons (Fsp3) is 0.520. The van der Waals surface area contributed by atoms with Crippen molar-refractivity contribution in [2.45, 2.75) is 64.5 Å². The second-order valence-electron chi connectivity index (χ2n) is 9.13. The monoisotopic (exact) mass is 421 g/mol. The first kappa shape index (κ1) is 20.0. The minimum absolute atomic E-state index is 0.163. The van der Waals surface area contributed by atoms with Gasteiger partial charge in [0, 0.05) is 17.5 Å². The van der Waals surface area contributed by atoms with E-state index in [9.17, 15) is 4.79 Å². The summed E-state index contributed by atoms with van der Waals surface area (Å²) in [4.78, 5) is 23.0. The molecule has 1 unspecified atom stereocenters. The lowest BCUT2D eigenvalue weighted by atomic mass is 9.89. The zero-order chi connectivity index (χ0) is 20.5. The molecule has 158 valence electrons. The Bertz CT molecular complexity index is 1060. The Hall–Kier alpha value is -1.98. The van der Waals surface area contributed by atoms with Crippen molar-refractivity contribution in [3.8, 4) is 0 Å². The predicted molar refractivity (Wildman–Crippen MR) is 124 cm³/mol. The van der Waals surface area contributed by atoms with Gasteiger partial charge in [0.25, 0.3) is 5.56 Å². The molecule has 30 heavy (non-hydrogen) atoms. The van der Waals surface area contributed by atoms with Crippen LogP contribution in [0.25, 0.3) is 10.2 Å². The summed E-state index contributed by atoms with van der Waals surface area (Å²) < 4.78 is 1.83. The van der Waals surface area contributed by atoms with E-state index in [0.29, 0.717) is 6.04 Å². The number of thiophene rings is 1. The Morgan fingerprint density at radius 3 is 2.73 bits per heavy atom. The van der Waals surface area contributed by atoms with Gasteiger partial charge in [0.05, 0.1) is 11.7 Å². The van der Waals surface area contributed by atoms with E-state index >= 15 is 0 Å². The van der Waals surface area contributed by atoms with Crippen molar-refractivity contribution in [2.24, 2.45) is 5.92 Å². The van der Waals surface area contributed by atoms with Gasteiger partial charge in [-0.1, -0.05) is 37.3 Å². The molecule has 1 fully saturated rings. The summed E-state index contributed by atoms with van der Waals surface area (Å²) in [5.74, 6) is 0.870. The van der Waals surface area contributed by atoms with E-state index in [1.165, 1.54) is 48.4 Å². The van der Waals surface area contributed by atoms with Crippen molar-refractivity contribution in [2.75, 3.05) is 13.1 Å². The summed E-state index contributed by atoms with van der Waals surface area (Å²) in [5.41, 5.74) is 2.79. The van der Waals surface area contributed by atoms with Crippen LogP contribution in [0.4, 0.5) is 0 Å². The Morgan fingerprint density at radius 2 is 1.93 bits per heavy atom. The Balaban J connectivity index is 1.32. The fourth-order valence-electron chi connectivity index (χ4n) is 5.15. The van der Waals surface area contributed by atoms with E-state index in [-0.39, 0.29) is 5.56 Å². The van der Waals surface area contributed by atoms with E-state index in [1.54, 1.807) is 17.7 Å². The third-order valence-corrected chi connectivity index (χ3v) is 8.21. The van der Waals surface area contributed by atoms with E-state index in [1.807, 2.05) is 10.6 Å². The molecule has 1 aromatic carbocycles. The molecule has 1 saturated heterocycles. The predicted octanol–water partition coefficient (Wildman–Crippen LogP) is 4.68. The van der Waals surface area contributed by atoms with Crippen molar-refractivity contribution in [1.82, 2.24) is 14.5 Å². The molecular formula is C25H31N3OS. The molecule has 0 N–H and O–H groups in total. The third-order valence-electron chi connectivity index (χ3n) is 7.05. The number of piperidine rings is 1. The summed E-state index contributed by atoms with van der Waals surface area (Å²) in [6.07, 6.45) is 9.66. The number of benzene rings is 1. The van der Waals surface area contributed by atoms with Crippen LogP contribution in [0.3, 0.4) is 0 Å². The molecule has 3 heterocycles. The lowest BCUT2D eigenvalue weighted by molar-refractivity contribution is 0.128. The van der Waals surface area contributed by atoms with Gasteiger partial charge in [0.15, 0.2) is 0 Å². The lowest BCUT2D eigenvalue weighted by Gasteiger charge is -2.38. The van der Waals surface area contributed by atoms with Gasteiger partial charge in [0.2, 0.25) is 0 Å². The van der Waals surface area contributed by atoms with Gasteiger partial charge in [-0.25, -0.2) is 4.98 Å². The summed E-state index contributed by atoms with van der Waals surface area (Å²) in [7, 11) is 0. The molecule has 5 heteroatoms. The van der Waals surface area contributed by atoms with Crippen LogP contribution >= 0.6 is 11.3 Å². The highest BCUT2D eigenvalue weighted by atomic mass is 32.1. The molecule has 1 aliphatic carbocycles. The van der Waals surface area contributed by atoms with E-state index in [2.05, 4.69) is 41.1 Å². The van der Waals surface area contributed by atoms with Crippen molar-refractivity contribution in [3.05, 3.63) is 63.0 Å². The van der Waals surface area contributed by atoms with Gasteiger partial charge >= 0.3 is 0 Å². The van der Waals surface area contributed by atoms with Crippen LogP contribution in [-0.4, -0.2) is 33.6 Å². The lowest BCUT2D eigenvalue weighted by Crippen LogP contribution is -2.43. The minimum Gasteiger partial charge on any atom is -0.300 e. The molecule has 2 aromatic heterocycles. The highest BCUT2D eigenvalue weighted by Crippen LogP contribution is 2.36. The minimum atomic E-state index is 0.163. The van der Waals surface area contributed by atoms with Crippen molar-refractivity contribution in [3.63, 3.8) is 0 Å². The molecule has 1 atom stereocenters. The number of hydrogen-bond acceptors (Lipinski definition) is 4. The van der Waals surface area contributed by atoms with Gasteiger partial charge in [-0.3, -0.25) is 14.3 Å². The second kappa shape index (κ2) is 8.64. The molecule has 3 aromatic rings. The zero-order valence-corrected chi connectivity index (χ0v) is 18.7. The Kier molecular flexibility index (Phi) is 5.74. The fourth-order valence-corrected chi connectivity index (χ4v) is 6.40. The summed E-state index contributed by atoms with van der Waals surface area (Å²) in [5, 5.41) is 0.905. The number of nitrogens with zero attached hydrogens (tertiary/aromatic N) is 3. The van der Waals surface area contributed by atoms with Crippen LogP contribution in [0.5, 0.6) is 0 Å². The molecule has 1 aliphatic heterocycles. The topological polar surface area (TPSA) is 38.1 Å². The maximum Gasteiger partial charge on any atom is 0.262 e. The molecule has 0 radical (unpaired) electrons. The second-order valence-corrected chi connectivity index (χ2v) is 10.2. The van der Waals surface area contributed by atoms with Crippen LogP contribution < -0.4 is 5.56 Å². The number of aromatic nitrogens is 2. The zero-order valence-electron chi connectivity index (χ0n) is 17.8. The molecular weight excluding hydrogens is 390 g/mol. The molecule has 5 rings (SSSR count). The maximum atomic E-state index is 13.2. The van der Waals surface area contributed by atoms with Crippen molar-refractivity contribution >= 4 is 21.6 Å². The van der Waals surface area contributed by atoms with Crippen LogP contribution in [-0.2, 0) is 25.8 Å². The normalized spacial score (nSPS) is 20.5. The number of fused-ring (bicyclic) bond motifs is 3. The van der Waals surface area contributed by atoms with E-state index < -0.39 is 0 Å². The molecule has 0 amide bonds. The average Bonchev–Trinajstić information content (AvgIpc) is 3.15. The first-order valence-corrected chi connectivity index (χ1v) is 12.3. The van der Waals surface area contributed by atoms with Crippen molar-refractivity contribution < 1.29 is 0 Å². The molecule has 2 aliphatic rings. The molecule has 0 saturated carbocycles. The van der Waals surface area contributed by atoms with Crippen molar-refractivity contribution in [1.29, 1.82) is 0 Å². The molecule has 0 spiro atoms. The van der Waals surface area contributed by atoms with E-state index in [4.69, 9.17) is 0 Å². The summed E-state index contributed by atoms with van der Waals surface area (Å²) >= 11 is 1.76. The van der Waals surface area contributed by atoms with Gasteiger partial charge in [0.1, 0.15) is 4.83 Å². The smallest absolute Gasteiger partial charge is 0.262 e. The number of rotatable bonds is 5. The van der Waals surface area contributed by atoms with Gasteiger partial charge in [-0.2, -0.15) is 0 Å². The van der Waals surface area contributed by atoms with Crippen LogP contribution in [0.2, 0.25) is 0 Å². The maximum absolute atomic E-state index is 13.2. The quantitative estimate of drug-likeness (QED) is 0.600. The molecule has 4 nitrogen and oxygen atoms in total. The van der Waals surface area contributed by atoms with Gasteiger partial charge in [-0.15, -0.1) is 11.3 Å². The van der Waals surface area contributed by atoms with Crippen LogP contribution in [0.1, 0.15) is 48.6 Å². The largest absolute Gasteiger partial charge is 0.300 e. The first-order valence-electron chi connectivity index (χ1n) is 11.5. The highest BCUT2D eigenvalue weighted by Gasteiger charge is 2.30.